The number of halogens is 1. The highest BCUT2D eigenvalue weighted by atomic mass is 32.2. The first-order valence-electron chi connectivity index (χ1n) is 5.43. The predicted octanol–water partition coefficient (Wildman–Crippen LogP) is 3.19. The van der Waals surface area contributed by atoms with Crippen molar-refractivity contribution in [3.05, 3.63) is 34.9 Å². The fourth-order valence-corrected chi connectivity index (χ4v) is 3.13. The second kappa shape index (κ2) is 5.66. The number of carbonyl (C=O) groups excluding carboxylic acids is 1. The van der Waals surface area contributed by atoms with Gasteiger partial charge in [0.15, 0.2) is 10.1 Å². The van der Waals surface area contributed by atoms with Crippen LogP contribution in [0.1, 0.15) is 28.7 Å². The van der Waals surface area contributed by atoms with E-state index in [1.54, 1.807) is 6.92 Å². The molecule has 7 heteroatoms. The number of carbonyl (C=O) groups is 1. The number of phenols is 1. The number of benzene rings is 1. The summed E-state index contributed by atoms with van der Waals surface area (Å²) in [5.41, 5.74) is 0.382. The van der Waals surface area contributed by atoms with Gasteiger partial charge in [0.25, 0.3) is 0 Å². The fourth-order valence-electron chi connectivity index (χ4n) is 1.51. The lowest BCUT2D eigenvalue weighted by molar-refractivity contribution is 0.101. The number of phenolic OH excluding ortho intramolecular Hbond substituents is 1. The van der Waals surface area contributed by atoms with E-state index in [9.17, 15) is 14.3 Å². The minimum Gasteiger partial charge on any atom is -0.507 e. The van der Waals surface area contributed by atoms with Gasteiger partial charge in [0, 0.05) is 11.3 Å². The van der Waals surface area contributed by atoms with Gasteiger partial charge in [-0.15, -0.1) is 0 Å². The molecule has 0 amide bonds. The molecule has 0 unspecified atom stereocenters. The van der Waals surface area contributed by atoms with Crippen molar-refractivity contribution in [3.63, 3.8) is 0 Å². The molecule has 0 bridgehead atoms. The normalized spacial score (nSPS) is 10.7. The van der Waals surface area contributed by atoms with Gasteiger partial charge < -0.3 is 5.11 Å². The quantitative estimate of drug-likeness (QED) is 0.694. The van der Waals surface area contributed by atoms with Crippen LogP contribution in [0.4, 0.5) is 4.39 Å². The SMILES string of the molecule is CC(=O)c1cc(F)cc(CSc2nc(C)ns2)c1O. The van der Waals surface area contributed by atoms with Crippen LogP contribution in [-0.2, 0) is 5.75 Å². The van der Waals surface area contributed by atoms with E-state index in [0.717, 1.165) is 10.4 Å². The lowest BCUT2D eigenvalue weighted by Gasteiger charge is -2.07. The van der Waals surface area contributed by atoms with Crippen molar-refractivity contribution in [2.75, 3.05) is 0 Å². The molecular formula is C12H11FN2O2S2. The van der Waals surface area contributed by atoms with E-state index in [1.807, 2.05) is 0 Å². The number of rotatable bonds is 4. The Morgan fingerprint density at radius 3 is 2.84 bits per heavy atom. The second-order valence-corrected chi connectivity index (χ2v) is 5.89. The van der Waals surface area contributed by atoms with Crippen molar-refractivity contribution in [2.45, 2.75) is 23.9 Å². The number of aromatic hydroxyl groups is 1. The Bertz CT molecular complexity index is 628. The maximum absolute atomic E-state index is 13.4. The van der Waals surface area contributed by atoms with Gasteiger partial charge in [-0.1, -0.05) is 11.8 Å². The number of hydrogen-bond acceptors (Lipinski definition) is 6. The molecule has 1 aromatic carbocycles. The third-order valence-corrected chi connectivity index (χ3v) is 4.37. The minimum absolute atomic E-state index is 0.00374. The number of thioether (sulfide) groups is 1. The van der Waals surface area contributed by atoms with E-state index < -0.39 is 5.82 Å². The van der Waals surface area contributed by atoms with E-state index in [2.05, 4.69) is 9.36 Å². The topological polar surface area (TPSA) is 63.1 Å². The highest BCUT2D eigenvalue weighted by Crippen LogP contribution is 2.31. The lowest BCUT2D eigenvalue weighted by Crippen LogP contribution is -1.97. The van der Waals surface area contributed by atoms with Gasteiger partial charge in [-0.2, -0.15) is 4.37 Å². The summed E-state index contributed by atoms with van der Waals surface area (Å²) in [5.74, 6) is -0.0523. The molecule has 1 N–H and O–H groups in total. The summed E-state index contributed by atoms with van der Waals surface area (Å²) in [6, 6.07) is 2.27. The number of Topliss-reactive ketones (excluding diaryl/α,β-unsaturated/α-hetero) is 1. The van der Waals surface area contributed by atoms with Crippen LogP contribution in [0.25, 0.3) is 0 Å². The molecule has 0 aliphatic heterocycles. The third kappa shape index (κ3) is 3.30. The van der Waals surface area contributed by atoms with E-state index in [-0.39, 0.29) is 17.1 Å². The molecule has 19 heavy (non-hydrogen) atoms. The van der Waals surface area contributed by atoms with Crippen LogP contribution in [0.2, 0.25) is 0 Å². The second-order valence-electron chi connectivity index (χ2n) is 3.91. The first-order valence-corrected chi connectivity index (χ1v) is 7.18. The van der Waals surface area contributed by atoms with Crippen molar-refractivity contribution in [2.24, 2.45) is 0 Å². The monoisotopic (exact) mass is 298 g/mol. The lowest BCUT2D eigenvalue weighted by atomic mass is 10.1. The zero-order chi connectivity index (χ0) is 14.0. The molecule has 0 radical (unpaired) electrons. The van der Waals surface area contributed by atoms with Crippen LogP contribution in [-0.4, -0.2) is 20.2 Å². The maximum Gasteiger partial charge on any atom is 0.170 e. The highest BCUT2D eigenvalue weighted by molar-refractivity contribution is 8.00. The maximum atomic E-state index is 13.4. The fraction of sp³-hybridized carbons (Fsp3) is 0.250. The Kier molecular flexibility index (Phi) is 4.16. The van der Waals surface area contributed by atoms with Gasteiger partial charge >= 0.3 is 0 Å². The van der Waals surface area contributed by atoms with Crippen LogP contribution in [0.15, 0.2) is 16.5 Å². The molecule has 1 aromatic heterocycles. The summed E-state index contributed by atoms with van der Waals surface area (Å²) < 4.78 is 18.2. The van der Waals surface area contributed by atoms with Gasteiger partial charge in [-0.3, -0.25) is 4.79 Å². The smallest absolute Gasteiger partial charge is 0.170 e. The molecule has 4 nitrogen and oxygen atoms in total. The molecule has 2 aromatic rings. The number of hydrogen-bond donors (Lipinski definition) is 1. The van der Waals surface area contributed by atoms with Crippen LogP contribution in [0.3, 0.4) is 0 Å². The van der Waals surface area contributed by atoms with Crippen molar-refractivity contribution in [3.8, 4) is 5.75 Å². The Labute approximate surface area is 117 Å². The number of aryl methyl sites for hydroxylation is 1. The number of aromatic nitrogens is 2. The van der Waals surface area contributed by atoms with Crippen LogP contribution in [0, 0.1) is 12.7 Å². The zero-order valence-electron chi connectivity index (χ0n) is 10.3. The number of ketones is 1. The van der Waals surface area contributed by atoms with Crippen LogP contribution < -0.4 is 0 Å². The van der Waals surface area contributed by atoms with Crippen molar-refractivity contribution < 1.29 is 14.3 Å². The summed E-state index contributed by atoms with van der Waals surface area (Å²) in [6.45, 7) is 3.08. The van der Waals surface area contributed by atoms with E-state index in [1.165, 1.54) is 36.3 Å². The molecule has 0 saturated heterocycles. The predicted molar refractivity (Wildman–Crippen MR) is 72.3 cm³/mol. The third-order valence-electron chi connectivity index (χ3n) is 2.39. The number of nitrogens with zero attached hydrogens (tertiary/aromatic N) is 2. The van der Waals surface area contributed by atoms with Gasteiger partial charge in [0.1, 0.15) is 17.4 Å². The zero-order valence-corrected chi connectivity index (χ0v) is 11.9. The van der Waals surface area contributed by atoms with Crippen molar-refractivity contribution in [1.29, 1.82) is 0 Å². The first-order chi connectivity index (χ1) is 8.97. The minimum atomic E-state index is -0.535. The molecule has 100 valence electrons. The Balaban J connectivity index is 2.22. The van der Waals surface area contributed by atoms with Gasteiger partial charge in [0.2, 0.25) is 0 Å². The molecular weight excluding hydrogens is 287 g/mol. The van der Waals surface area contributed by atoms with Gasteiger partial charge in [0.05, 0.1) is 5.56 Å². The van der Waals surface area contributed by atoms with E-state index in [0.29, 0.717) is 17.1 Å². The molecule has 0 aliphatic rings. The van der Waals surface area contributed by atoms with Crippen molar-refractivity contribution >= 4 is 29.1 Å². The Morgan fingerprint density at radius 1 is 1.53 bits per heavy atom. The standard InChI is InChI=1S/C12H11FN2O2S2/c1-6(16)10-4-9(13)3-8(11(10)17)5-18-12-14-7(2)15-19-12/h3-4,17H,5H2,1-2H3. The molecule has 2 rings (SSSR count). The van der Waals surface area contributed by atoms with Crippen LogP contribution in [0.5, 0.6) is 5.75 Å². The summed E-state index contributed by atoms with van der Waals surface area (Å²) >= 11 is 2.59. The first kappa shape index (κ1) is 14.0. The molecule has 0 fully saturated rings. The highest BCUT2D eigenvalue weighted by Gasteiger charge is 2.14. The average molecular weight is 298 g/mol. The van der Waals surface area contributed by atoms with Gasteiger partial charge in [-0.05, 0) is 37.5 Å². The Morgan fingerprint density at radius 2 is 2.26 bits per heavy atom. The summed E-state index contributed by atoms with van der Waals surface area (Å²) in [7, 11) is 0. The largest absolute Gasteiger partial charge is 0.507 e. The molecule has 0 spiro atoms. The van der Waals surface area contributed by atoms with Crippen molar-refractivity contribution in [1.82, 2.24) is 9.36 Å². The van der Waals surface area contributed by atoms with Gasteiger partial charge in [-0.25, -0.2) is 9.37 Å². The summed E-state index contributed by atoms with van der Waals surface area (Å²) in [4.78, 5) is 15.5. The Hall–Kier alpha value is -1.47. The summed E-state index contributed by atoms with van der Waals surface area (Å²) in [6.07, 6.45) is 0. The molecule has 1 heterocycles. The summed E-state index contributed by atoms with van der Waals surface area (Å²) in [5, 5.41) is 9.93. The molecule has 0 saturated carbocycles. The average Bonchev–Trinajstić information content (AvgIpc) is 2.75. The van der Waals surface area contributed by atoms with E-state index >= 15 is 0 Å². The molecule has 0 atom stereocenters. The van der Waals surface area contributed by atoms with Crippen LogP contribution >= 0.6 is 23.3 Å². The molecule has 0 aliphatic carbocycles. The van der Waals surface area contributed by atoms with E-state index in [4.69, 9.17) is 0 Å².